The first-order chi connectivity index (χ1) is 5.90. The van der Waals surface area contributed by atoms with E-state index >= 15 is 0 Å². The van der Waals surface area contributed by atoms with Gasteiger partial charge in [-0.2, -0.15) is 0 Å². The van der Waals surface area contributed by atoms with Crippen molar-refractivity contribution in [2.75, 3.05) is 0 Å². The summed E-state index contributed by atoms with van der Waals surface area (Å²) >= 11 is 0. The summed E-state index contributed by atoms with van der Waals surface area (Å²) in [4.78, 5) is 0. The highest BCUT2D eigenvalue weighted by Gasteiger charge is 2.18. The van der Waals surface area contributed by atoms with Crippen LogP contribution in [0, 0.1) is 5.92 Å². The zero-order valence-electron chi connectivity index (χ0n) is 6.98. The third kappa shape index (κ3) is 1.34. The van der Waals surface area contributed by atoms with Crippen LogP contribution in [0.1, 0.15) is 25.1 Å². The number of aliphatic hydroxyl groups excluding tert-OH is 1. The summed E-state index contributed by atoms with van der Waals surface area (Å²) in [7, 11) is 0. The fourth-order valence-corrected chi connectivity index (χ4v) is 1.51. The summed E-state index contributed by atoms with van der Waals surface area (Å²) in [6.07, 6.45) is 5.66. The van der Waals surface area contributed by atoms with Crippen molar-refractivity contribution in [2.45, 2.75) is 32.4 Å². The molecule has 0 atom stereocenters. The number of aliphatic hydroxyl groups is 1. The van der Waals surface area contributed by atoms with Crippen LogP contribution in [0.15, 0.2) is 6.33 Å². The van der Waals surface area contributed by atoms with Crippen LogP contribution in [0.4, 0.5) is 0 Å². The van der Waals surface area contributed by atoms with Crippen molar-refractivity contribution in [3.8, 4) is 0 Å². The van der Waals surface area contributed by atoms with E-state index in [9.17, 15) is 0 Å². The second kappa shape index (κ2) is 3.23. The molecule has 4 nitrogen and oxygen atoms in total. The van der Waals surface area contributed by atoms with Gasteiger partial charge in [-0.15, -0.1) is 10.2 Å². The maximum atomic E-state index is 8.89. The standard InChI is InChI=1S/C8H13N3O/c12-5-8-10-9-6-11(8)4-7-2-1-3-7/h6-7,12H,1-5H2. The SMILES string of the molecule is OCc1nncn1CC1CCC1. The molecular formula is C8H13N3O. The Balaban J connectivity index is 2.00. The number of aromatic nitrogens is 3. The van der Waals surface area contributed by atoms with Gasteiger partial charge in [0, 0.05) is 6.54 Å². The molecule has 0 aromatic carbocycles. The summed E-state index contributed by atoms with van der Waals surface area (Å²) in [5, 5.41) is 16.5. The van der Waals surface area contributed by atoms with Gasteiger partial charge < -0.3 is 9.67 Å². The van der Waals surface area contributed by atoms with E-state index in [1.54, 1.807) is 6.33 Å². The van der Waals surface area contributed by atoms with E-state index in [4.69, 9.17) is 5.11 Å². The highest BCUT2D eigenvalue weighted by atomic mass is 16.3. The summed E-state index contributed by atoms with van der Waals surface area (Å²) in [6, 6.07) is 0. The second-order valence-corrected chi connectivity index (χ2v) is 3.35. The molecule has 1 N–H and O–H groups in total. The highest BCUT2D eigenvalue weighted by molar-refractivity contribution is 4.84. The van der Waals surface area contributed by atoms with Crippen LogP contribution in [-0.2, 0) is 13.2 Å². The zero-order chi connectivity index (χ0) is 8.39. The Morgan fingerprint density at radius 3 is 3.00 bits per heavy atom. The Morgan fingerprint density at radius 2 is 2.42 bits per heavy atom. The molecule has 1 aliphatic carbocycles. The molecule has 1 aliphatic rings. The fourth-order valence-electron chi connectivity index (χ4n) is 1.51. The van der Waals surface area contributed by atoms with Crippen LogP contribution in [-0.4, -0.2) is 19.9 Å². The zero-order valence-corrected chi connectivity index (χ0v) is 6.98. The van der Waals surface area contributed by atoms with Crippen molar-refractivity contribution >= 4 is 0 Å². The molecule has 1 aromatic heterocycles. The molecule has 0 saturated heterocycles. The lowest BCUT2D eigenvalue weighted by molar-refractivity contribution is 0.241. The van der Waals surface area contributed by atoms with Crippen molar-refractivity contribution in [1.82, 2.24) is 14.8 Å². The van der Waals surface area contributed by atoms with Crippen molar-refractivity contribution < 1.29 is 5.11 Å². The molecule has 1 fully saturated rings. The predicted octanol–water partition coefficient (Wildman–Crippen LogP) is 0.571. The summed E-state index contributed by atoms with van der Waals surface area (Å²) in [5.74, 6) is 1.47. The molecule has 12 heavy (non-hydrogen) atoms. The second-order valence-electron chi connectivity index (χ2n) is 3.35. The first-order valence-electron chi connectivity index (χ1n) is 4.37. The first-order valence-corrected chi connectivity index (χ1v) is 4.37. The van der Waals surface area contributed by atoms with Gasteiger partial charge in [-0.05, 0) is 18.8 Å². The van der Waals surface area contributed by atoms with Gasteiger partial charge in [-0.25, -0.2) is 0 Å². The van der Waals surface area contributed by atoms with Crippen molar-refractivity contribution in [3.63, 3.8) is 0 Å². The van der Waals surface area contributed by atoms with Crippen LogP contribution in [0.2, 0.25) is 0 Å². The van der Waals surface area contributed by atoms with Crippen molar-refractivity contribution in [3.05, 3.63) is 12.2 Å². The summed E-state index contributed by atoms with van der Waals surface area (Å²) in [6.45, 7) is 0.968. The van der Waals surface area contributed by atoms with E-state index in [1.807, 2.05) is 4.57 Å². The monoisotopic (exact) mass is 167 g/mol. The summed E-state index contributed by atoms with van der Waals surface area (Å²) < 4.78 is 1.95. The lowest BCUT2D eigenvalue weighted by Crippen LogP contribution is -2.19. The first kappa shape index (κ1) is 7.73. The van der Waals surface area contributed by atoms with Crippen LogP contribution in [0.5, 0.6) is 0 Å². The minimum absolute atomic E-state index is 0.00722. The topological polar surface area (TPSA) is 50.9 Å². The lowest BCUT2D eigenvalue weighted by Gasteiger charge is -2.25. The van der Waals surface area contributed by atoms with Crippen LogP contribution in [0.3, 0.4) is 0 Å². The molecule has 1 aromatic rings. The number of hydrogen-bond acceptors (Lipinski definition) is 3. The van der Waals surface area contributed by atoms with Crippen LogP contribution in [0.25, 0.3) is 0 Å². The maximum absolute atomic E-state index is 8.89. The van der Waals surface area contributed by atoms with E-state index in [0.717, 1.165) is 12.5 Å². The Bertz CT molecular complexity index is 255. The molecule has 0 unspecified atom stereocenters. The van der Waals surface area contributed by atoms with E-state index in [0.29, 0.717) is 5.82 Å². The van der Waals surface area contributed by atoms with Crippen molar-refractivity contribution in [2.24, 2.45) is 5.92 Å². The number of hydrogen-bond donors (Lipinski definition) is 1. The molecule has 1 heterocycles. The highest BCUT2D eigenvalue weighted by Crippen LogP contribution is 2.27. The quantitative estimate of drug-likeness (QED) is 0.716. The van der Waals surface area contributed by atoms with Gasteiger partial charge in [-0.1, -0.05) is 6.42 Å². The Morgan fingerprint density at radius 1 is 1.58 bits per heavy atom. The normalized spacial score (nSPS) is 17.8. The number of nitrogens with zero attached hydrogens (tertiary/aromatic N) is 3. The smallest absolute Gasteiger partial charge is 0.158 e. The Kier molecular flexibility index (Phi) is 2.08. The van der Waals surface area contributed by atoms with E-state index in [-0.39, 0.29) is 6.61 Å². The molecule has 2 rings (SSSR count). The lowest BCUT2D eigenvalue weighted by atomic mass is 9.85. The molecule has 0 radical (unpaired) electrons. The van der Waals surface area contributed by atoms with E-state index < -0.39 is 0 Å². The maximum Gasteiger partial charge on any atom is 0.158 e. The molecule has 0 bridgehead atoms. The minimum Gasteiger partial charge on any atom is -0.388 e. The van der Waals surface area contributed by atoms with Gasteiger partial charge in [0.05, 0.1) is 0 Å². The van der Waals surface area contributed by atoms with Crippen molar-refractivity contribution in [1.29, 1.82) is 0 Å². The van der Waals surface area contributed by atoms with Gasteiger partial charge in [0.1, 0.15) is 12.9 Å². The minimum atomic E-state index is -0.00722. The third-order valence-corrected chi connectivity index (χ3v) is 2.52. The fraction of sp³-hybridized carbons (Fsp3) is 0.750. The van der Waals surface area contributed by atoms with Gasteiger partial charge in [-0.3, -0.25) is 0 Å². The Labute approximate surface area is 71.2 Å². The molecule has 1 saturated carbocycles. The van der Waals surface area contributed by atoms with Gasteiger partial charge in [0.2, 0.25) is 0 Å². The molecule has 0 amide bonds. The molecular weight excluding hydrogens is 154 g/mol. The predicted molar refractivity (Wildman–Crippen MR) is 43.3 cm³/mol. The molecule has 0 spiro atoms. The van der Waals surface area contributed by atoms with E-state index in [2.05, 4.69) is 10.2 Å². The van der Waals surface area contributed by atoms with Gasteiger partial charge >= 0.3 is 0 Å². The molecule has 66 valence electrons. The molecule has 0 aliphatic heterocycles. The van der Waals surface area contributed by atoms with E-state index in [1.165, 1.54) is 19.3 Å². The third-order valence-electron chi connectivity index (χ3n) is 2.52. The van der Waals surface area contributed by atoms with Crippen LogP contribution < -0.4 is 0 Å². The molecule has 4 heteroatoms. The largest absolute Gasteiger partial charge is 0.388 e. The van der Waals surface area contributed by atoms with Gasteiger partial charge in [0.15, 0.2) is 5.82 Å². The van der Waals surface area contributed by atoms with Crippen LogP contribution >= 0.6 is 0 Å². The summed E-state index contributed by atoms with van der Waals surface area (Å²) in [5.41, 5.74) is 0. The number of rotatable bonds is 3. The average Bonchev–Trinajstić information content (AvgIpc) is 2.43. The average molecular weight is 167 g/mol. The van der Waals surface area contributed by atoms with Gasteiger partial charge in [0.25, 0.3) is 0 Å². The Hall–Kier alpha value is -0.900.